The maximum absolute atomic E-state index is 5.90. The highest BCUT2D eigenvalue weighted by molar-refractivity contribution is 5.35. The Morgan fingerprint density at radius 1 is 1.43 bits per heavy atom. The Labute approximate surface area is 126 Å². The van der Waals surface area contributed by atoms with Crippen molar-refractivity contribution in [3.63, 3.8) is 0 Å². The van der Waals surface area contributed by atoms with E-state index in [-0.39, 0.29) is 6.10 Å². The smallest absolute Gasteiger partial charge is 0.151 e. The van der Waals surface area contributed by atoms with Crippen LogP contribution in [0.15, 0.2) is 18.3 Å². The van der Waals surface area contributed by atoms with Gasteiger partial charge in [0.2, 0.25) is 0 Å². The van der Waals surface area contributed by atoms with Crippen molar-refractivity contribution in [1.29, 1.82) is 0 Å². The van der Waals surface area contributed by atoms with Gasteiger partial charge in [-0.15, -0.1) is 5.10 Å². The predicted molar refractivity (Wildman–Crippen MR) is 80.4 cm³/mol. The van der Waals surface area contributed by atoms with Crippen LogP contribution in [0.2, 0.25) is 0 Å². The maximum Gasteiger partial charge on any atom is 0.151 e. The van der Waals surface area contributed by atoms with Gasteiger partial charge in [-0.2, -0.15) is 5.10 Å². The van der Waals surface area contributed by atoms with Gasteiger partial charge in [0.05, 0.1) is 19.3 Å². The molecule has 0 spiro atoms. The molecular formula is C15H24N4O2. The molecule has 6 heteroatoms. The van der Waals surface area contributed by atoms with E-state index in [4.69, 9.17) is 9.47 Å². The second-order valence-corrected chi connectivity index (χ2v) is 5.94. The summed E-state index contributed by atoms with van der Waals surface area (Å²) in [4.78, 5) is 4.62. The quantitative estimate of drug-likeness (QED) is 0.794. The molecule has 1 aromatic heterocycles. The van der Waals surface area contributed by atoms with E-state index in [9.17, 15) is 0 Å². The molecule has 2 aliphatic rings. The van der Waals surface area contributed by atoms with Gasteiger partial charge in [0, 0.05) is 46.0 Å². The summed E-state index contributed by atoms with van der Waals surface area (Å²) >= 11 is 0. The monoisotopic (exact) mass is 292 g/mol. The lowest BCUT2D eigenvalue weighted by atomic mass is 10.1. The molecule has 2 unspecified atom stereocenters. The molecule has 0 radical (unpaired) electrons. The van der Waals surface area contributed by atoms with Crippen LogP contribution in [0.4, 0.5) is 5.82 Å². The van der Waals surface area contributed by atoms with Gasteiger partial charge >= 0.3 is 0 Å². The van der Waals surface area contributed by atoms with Crippen molar-refractivity contribution in [2.24, 2.45) is 5.92 Å². The minimum absolute atomic E-state index is 0.230. The number of morpholine rings is 1. The number of anilines is 1. The summed E-state index contributed by atoms with van der Waals surface area (Å²) in [5.74, 6) is 1.59. The number of aromatic nitrogens is 2. The first-order valence-electron chi connectivity index (χ1n) is 7.72. The minimum atomic E-state index is 0.230. The molecule has 2 atom stereocenters. The molecule has 3 heterocycles. The van der Waals surface area contributed by atoms with Gasteiger partial charge in [0.1, 0.15) is 0 Å². The Morgan fingerprint density at radius 3 is 3.14 bits per heavy atom. The third-order valence-corrected chi connectivity index (χ3v) is 4.19. The van der Waals surface area contributed by atoms with Crippen LogP contribution in [0.25, 0.3) is 0 Å². The number of ether oxygens (including phenoxy) is 2. The lowest BCUT2D eigenvalue weighted by Gasteiger charge is -2.35. The van der Waals surface area contributed by atoms with Crippen LogP contribution in [0.3, 0.4) is 0 Å². The maximum atomic E-state index is 5.90. The third kappa shape index (κ3) is 4.12. The fraction of sp³-hybridized carbons (Fsp3) is 0.733. The third-order valence-electron chi connectivity index (χ3n) is 4.19. The van der Waals surface area contributed by atoms with E-state index >= 15 is 0 Å². The van der Waals surface area contributed by atoms with Crippen LogP contribution < -0.4 is 4.90 Å². The Bertz CT molecular complexity index is 425. The van der Waals surface area contributed by atoms with E-state index in [1.165, 1.54) is 6.42 Å². The Morgan fingerprint density at radius 2 is 2.38 bits per heavy atom. The zero-order valence-corrected chi connectivity index (χ0v) is 12.6. The normalized spacial score (nSPS) is 26.9. The summed E-state index contributed by atoms with van der Waals surface area (Å²) < 4.78 is 11.4. The van der Waals surface area contributed by atoms with Crippen molar-refractivity contribution in [2.45, 2.75) is 12.5 Å². The van der Waals surface area contributed by atoms with Gasteiger partial charge < -0.3 is 14.4 Å². The highest BCUT2D eigenvalue weighted by atomic mass is 16.5. The van der Waals surface area contributed by atoms with Crippen LogP contribution in [0.5, 0.6) is 0 Å². The molecule has 0 saturated carbocycles. The average molecular weight is 292 g/mol. The van der Waals surface area contributed by atoms with Crippen molar-refractivity contribution < 1.29 is 9.47 Å². The number of hydrogen-bond donors (Lipinski definition) is 0. The molecule has 0 bridgehead atoms. The summed E-state index contributed by atoms with van der Waals surface area (Å²) in [5.41, 5.74) is 0. The SMILES string of the molecule is CN(CC1CN(CC2CCOC2)CCO1)c1cccnn1. The van der Waals surface area contributed by atoms with E-state index in [1.54, 1.807) is 6.20 Å². The lowest BCUT2D eigenvalue weighted by molar-refractivity contribution is -0.0284. The zero-order chi connectivity index (χ0) is 14.5. The summed E-state index contributed by atoms with van der Waals surface area (Å²) in [6.45, 7) is 6.65. The predicted octanol–water partition coefficient (Wildman–Crippen LogP) is 0.650. The van der Waals surface area contributed by atoms with Crippen molar-refractivity contribution >= 4 is 5.82 Å². The van der Waals surface area contributed by atoms with Crippen molar-refractivity contribution in [1.82, 2.24) is 15.1 Å². The standard InChI is InChI=1S/C15H24N4O2/c1-18(15-3-2-5-16-17-15)10-14-11-19(6-8-21-14)9-13-4-7-20-12-13/h2-3,5,13-14H,4,6-12H2,1H3. The van der Waals surface area contributed by atoms with Crippen LogP contribution in [-0.2, 0) is 9.47 Å². The first kappa shape index (κ1) is 14.7. The van der Waals surface area contributed by atoms with Crippen molar-refractivity contribution in [3.05, 3.63) is 18.3 Å². The van der Waals surface area contributed by atoms with Crippen molar-refractivity contribution in [3.8, 4) is 0 Å². The van der Waals surface area contributed by atoms with Crippen LogP contribution >= 0.6 is 0 Å². The molecule has 0 aromatic carbocycles. The molecule has 6 nitrogen and oxygen atoms in total. The highest BCUT2D eigenvalue weighted by Crippen LogP contribution is 2.17. The van der Waals surface area contributed by atoms with E-state index in [1.807, 2.05) is 19.2 Å². The molecule has 2 fully saturated rings. The summed E-state index contributed by atoms with van der Waals surface area (Å²) in [6.07, 6.45) is 3.12. The van der Waals surface area contributed by atoms with Gasteiger partial charge in [-0.25, -0.2) is 0 Å². The van der Waals surface area contributed by atoms with Gasteiger partial charge in [-0.3, -0.25) is 4.90 Å². The Hall–Kier alpha value is -1.24. The molecule has 1 aromatic rings. The molecule has 0 amide bonds. The first-order chi connectivity index (χ1) is 10.3. The van der Waals surface area contributed by atoms with Gasteiger partial charge in [0.15, 0.2) is 5.82 Å². The van der Waals surface area contributed by atoms with E-state index in [0.29, 0.717) is 5.92 Å². The fourth-order valence-corrected chi connectivity index (χ4v) is 3.05. The van der Waals surface area contributed by atoms with Crippen molar-refractivity contribution in [2.75, 3.05) is 57.9 Å². The van der Waals surface area contributed by atoms with Gasteiger partial charge in [0.25, 0.3) is 0 Å². The van der Waals surface area contributed by atoms with Crippen LogP contribution in [0.1, 0.15) is 6.42 Å². The average Bonchev–Trinajstić information content (AvgIpc) is 3.01. The molecule has 0 aliphatic carbocycles. The molecule has 3 rings (SSSR count). The molecule has 21 heavy (non-hydrogen) atoms. The molecule has 2 aliphatic heterocycles. The van der Waals surface area contributed by atoms with E-state index in [2.05, 4.69) is 20.0 Å². The van der Waals surface area contributed by atoms with Gasteiger partial charge in [-0.05, 0) is 24.5 Å². The number of hydrogen-bond acceptors (Lipinski definition) is 6. The Balaban J connectivity index is 1.49. The number of nitrogens with zero attached hydrogens (tertiary/aromatic N) is 4. The van der Waals surface area contributed by atoms with E-state index < -0.39 is 0 Å². The van der Waals surface area contributed by atoms with Gasteiger partial charge in [-0.1, -0.05) is 0 Å². The summed E-state index contributed by atoms with van der Waals surface area (Å²) in [6, 6.07) is 3.89. The fourth-order valence-electron chi connectivity index (χ4n) is 3.05. The largest absolute Gasteiger partial charge is 0.381 e. The minimum Gasteiger partial charge on any atom is -0.381 e. The summed E-state index contributed by atoms with van der Waals surface area (Å²) in [5, 5.41) is 8.06. The van der Waals surface area contributed by atoms with Crippen LogP contribution in [0, 0.1) is 5.92 Å². The Kier molecular flexibility index (Phi) is 5.00. The first-order valence-corrected chi connectivity index (χ1v) is 7.72. The molecule has 116 valence electrons. The highest BCUT2D eigenvalue weighted by Gasteiger charge is 2.25. The topological polar surface area (TPSA) is 50.7 Å². The summed E-state index contributed by atoms with van der Waals surface area (Å²) in [7, 11) is 2.04. The lowest BCUT2D eigenvalue weighted by Crippen LogP contribution is -2.48. The van der Waals surface area contributed by atoms with E-state index in [0.717, 1.165) is 51.8 Å². The van der Waals surface area contributed by atoms with Crippen LogP contribution in [-0.4, -0.2) is 74.2 Å². The second kappa shape index (κ2) is 7.15. The number of rotatable bonds is 5. The number of likely N-dealkylation sites (N-methyl/N-ethyl adjacent to an activating group) is 1. The molecular weight excluding hydrogens is 268 g/mol. The second-order valence-electron chi connectivity index (χ2n) is 5.94. The molecule has 0 N–H and O–H groups in total. The zero-order valence-electron chi connectivity index (χ0n) is 12.6. The molecule has 2 saturated heterocycles.